The van der Waals surface area contributed by atoms with Gasteiger partial charge in [0.15, 0.2) is 0 Å². The van der Waals surface area contributed by atoms with Gasteiger partial charge < -0.3 is 30.0 Å². The summed E-state index contributed by atoms with van der Waals surface area (Å²) in [5.41, 5.74) is -0.366. The third-order valence-corrected chi connectivity index (χ3v) is 7.30. The molecule has 4 rings (SSSR count). The van der Waals surface area contributed by atoms with Crippen LogP contribution in [0.2, 0.25) is 0 Å². The highest BCUT2D eigenvalue weighted by Crippen LogP contribution is 2.47. The quantitative estimate of drug-likeness (QED) is 0.269. The first-order valence-electron chi connectivity index (χ1n) is 14.2. The van der Waals surface area contributed by atoms with Crippen LogP contribution in [0.4, 0.5) is 11.4 Å². The second-order valence-electron chi connectivity index (χ2n) is 10.3. The summed E-state index contributed by atoms with van der Waals surface area (Å²) in [5.74, 6) is -3.48. The Morgan fingerprint density at radius 1 is 0.786 bits per heavy atom. The van der Waals surface area contributed by atoms with Crippen LogP contribution in [-0.4, -0.2) is 48.1 Å². The Kier molecular flexibility index (Phi) is 9.85. The van der Waals surface area contributed by atoms with Crippen molar-refractivity contribution in [1.29, 1.82) is 0 Å². The van der Waals surface area contributed by atoms with Gasteiger partial charge in [-0.2, -0.15) is 0 Å². The van der Waals surface area contributed by atoms with Crippen molar-refractivity contribution in [2.45, 2.75) is 45.6 Å². The van der Waals surface area contributed by atoms with Crippen molar-refractivity contribution in [3.8, 4) is 17.2 Å². The van der Waals surface area contributed by atoms with E-state index in [1.807, 2.05) is 20.8 Å². The molecule has 0 radical (unpaired) electrons. The van der Waals surface area contributed by atoms with Crippen LogP contribution in [-0.2, 0) is 14.4 Å². The van der Waals surface area contributed by atoms with Crippen LogP contribution >= 0.6 is 0 Å². The predicted molar refractivity (Wildman–Crippen MR) is 160 cm³/mol. The molecule has 1 fully saturated rings. The Morgan fingerprint density at radius 2 is 1.29 bits per heavy atom. The van der Waals surface area contributed by atoms with Gasteiger partial charge in [0.25, 0.3) is 0 Å². The number of ether oxygens (including phenoxy) is 3. The van der Waals surface area contributed by atoms with Crippen molar-refractivity contribution in [3.05, 3.63) is 78.4 Å². The number of carbonyl (C=O) groups is 3. The lowest BCUT2D eigenvalue weighted by molar-refractivity contribution is -0.150. The number of carbonyl (C=O) groups excluding carboxylic acids is 3. The maximum atomic E-state index is 14.1. The number of amides is 2. The number of anilines is 2. The first kappa shape index (κ1) is 30.6. The Labute approximate surface area is 246 Å². The molecule has 3 aromatic rings. The van der Waals surface area contributed by atoms with Crippen molar-refractivity contribution >= 4 is 29.0 Å². The lowest BCUT2D eigenvalue weighted by atomic mass is 9.61. The second kappa shape index (κ2) is 13.5. The molecule has 222 valence electrons. The van der Waals surface area contributed by atoms with Crippen molar-refractivity contribution < 1.29 is 33.7 Å². The van der Waals surface area contributed by atoms with Crippen LogP contribution in [0, 0.1) is 11.8 Å². The Bertz CT molecular complexity index is 1400. The van der Waals surface area contributed by atoms with E-state index in [4.69, 9.17) is 14.2 Å². The number of aliphatic hydroxyl groups is 1. The van der Waals surface area contributed by atoms with Gasteiger partial charge in [-0.3, -0.25) is 14.4 Å². The number of Topliss-reactive ketones (excluding diaryl/α,β-unsaturated/α-hetero) is 1. The third kappa shape index (κ3) is 6.74. The zero-order chi connectivity index (χ0) is 30.3. The standard InChI is InChI=1S/C33H38N2O7/c1-5-40-22-18-16-21(17-19-22)28-29(31(37)34-23-12-8-10-14-26(23)41-6-2)25(36)20-33(4,39)30(28)32(38)35-24-13-9-11-15-27(24)42-7-3/h8-19,28-30,39H,5-7,20H2,1-4H3,(H,34,37)(H,35,38). The Balaban J connectivity index is 1.77. The average molecular weight is 575 g/mol. The van der Waals surface area contributed by atoms with Crippen LogP contribution in [0.15, 0.2) is 72.8 Å². The van der Waals surface area contributed by atoms with E-state index in [0.29, 0.717) is 54.0 Å². The summed E-state index contributed by atoms with van der Waals surface area (Å²) in [5, 5.41) is 17.3. The highest BCUT2D eigenvalue weighted by Gasteiger charge is 2.56. The molecule has 42 heavy (non-hydrogen) atoms. The van der Waals surface area contributed by atoms with Gasteiger partial charge >= 0.3 is 0 Å². The topological polar surface area (TPSA) is 123 Å². The van der Waals surface area contributed by atoms with E-state index < -0.39 is 41.0 Å². The van der Waals surface area contributed by atoms with E-state index in [0.717, 1.165) is 0 Å². The highest BCUT2D eigenvalue weighted by molar-refractivity contribution is 6.11. The van der Waals surface area contributed by atoms with Gasteiger partial charge in [0.05, 0.1) is 42.7 Å². The van der Waals surface area contributed by atoms with Gasteiger partial charge in [-0.25, -0.2) is 0 Å². The maximum absolute atomic E-state index is 14.1. The molecule has 9 nitrogen and oxygen atoms in total. The van der Waals surface area contributed by atoms with Gasteiger partial charge in [0, 0.05) is 12.3 Å². The molecule has 4 unspecified atom stereocenters. The fourth-order valence-corrected chi connectivity index (χ4v) is 5.57. The smallest absolute Gasteiger partial charge is 0.235 e. The molecule has 3 N–H and O–H groups in total. The SMILES string of the molecule is CCOc1ccc(C2C(C(=O)Nc3ccccc3OCC)C(=O)CC(C)(O)C2C(=O)Nc2ccccc2OCC)cc1. The molecule has 1 aliphatic rings. The molecule has 0 saturated heterocycles. The fourth-order valence-electron chi connectivity index (χ4n) is 5.57. The largest absolute Gasteiger partial charge is 0.494 e. The summed E-state index contributed by atoms with van der Waals surface area (Å²) in [7, 11) is 0. The minimum Gasteiger partial charge on any atom is -0.494 e. The molecule has 9 heteroatoms. The number of hydrogen-bond acceptors (Lipinski definition) is 7. The van der Waals surface area contributed by atoms with E-state index in [1.165, 1.54) is 6.92 Å². The summed E-state index contributed by atoms with van der Waals surface area (Å²) in [6, 6.07) is 20.8. The normalized spacial score (nSPS) is 21.7. The summed E-state index contributed by atoms with van der Waals surface area (Å²) < 4.78 is 16.9. The van der Waals surface area contributed by atoms with Crippen molar-refractivity contribution in [2.24, 2.45) is 11.8 Å². The lowest BCUT2D eigenvalue weighted by Crippen LogP contribution is -2.56. The summed E-state index contributed by atoms with van der Waals surface area (Å²) in [4.78, 5) is 41.6. The van der Waals surface area contributed by atoms with Crippen molar-refractivity contribution in [2.75, 3.05) is 30.5 Å². The lowest BCUT2D eigenvalue weighted by Gasteiger charge is -2.44. The highest BCUT2D eigenvalue weighted by atomic mass is 16.5. The Morgan fingerprint density at radius 3 is 1.81 bits per heavy atom. The van der Waals surface area contributed by atoms with Gasteiger partial charge in [0.1, 0.15) is 28.9 Å². The number of nitrogens with one attached hydrogen (secondary N) is 2. The molecule has 2 amide bonds. The number of rotatable bonds is 11. The van der Waals surface area contributed by atoms with E-state index in [2.05, 4.69) is 10.6 Å². The summed E-state index contributed by atoms with van der Waals surface area (Å²) in [6.45, 7) is 8.24. The molecule has 3 aromatic carbocycles. The molecule has 0 heterocycles. The van der Waals surface area contributed by atoms with Crippen molar-refractivity contribution in [1.82, 2.24) is 0 Å². The first-order chi connectivity index (χ1) is 20.2. The number of para-hydroxylation sites is 4. The van der Waals surface area contributed by atoms with Crippen LogP contribution < -0.4 is 24.8 Å². The molecule has 1 saturated carbocycles. The van der Waals surface area contributed by atoms with Gasteiger partial charge in [-0.15, -0.1) is 0 Å². The second-order valence-corrected chi connectivity index (χ2v) is 10.3. The fraction of sp³-hybridized carbons (Fsp3) is 0.364. The third-order valence-electron chi connectivity index (χ3n) is 7.30. The van der Waals surface area contributed by atoms with Crippen LogP contribution in [0.25, 0.3) is 0 Å². The number of ketones is 1. The van der Waals surface area contributed by atoms with Gasteiger partial charge in [0.2, 0.25) is 11.8 Å². The molecular formula is C33H38N2O7. The summed E-state index contributed by atoms with van der Waals surface area (Å²) in [6.07, 6.45) is -0.378. The first-order valence-corrected chi connectivity index (χ1v) is 14.2. The zero-order valence-corrected chi connectivity index (χ0v) is 24.4. The predicted octanol–water partition coefficient (Wildman–Crippen LogP) is 5.20. The number of benzene rings is 3. The monoisotopic (exact) mass is 574 g/mol. The average Bonchev–Trinajstić information content (AvgIpc) is 2.95. The van der Waals surface area contributed by atoms with E-state index in [9.17, 15) is 19.5 Å². The zero-order valence-electron chi connectivity index (χ0n) is 24.4. The Hall–Kier alpha value is -4.37. The van der Waals surface area contributed by atoms with Crippen LogP contribution in [0.1, 0.15) is 45.6 Å². The molecular weight excluding hydrogens is 536 g/mol. The molecule has 0 aliphatic heterocycles. The maximum Gasteiger partial charge on any atom is 0.235 e. The minimum absolute atomic E-state index is 0.378. The molecule has 1 aliphatic carbocycles. The van der Waals surface area contributed by atoms with Gasteiger partial charge in [-0.1, -0.05) is 36.4 Å². The van der Waals surface area contributed by atoms with Crippen LogP contribution in [0.5, 0.6) is 17.2 Å². The number of hydrogen-bond donors (Lipinski definition) is 3. The molecule has 4 atom stereocenters. The molecule has 0 spiro atoms. The van der Waals surface area contributed by atoms with Crippen LogP contribution in [0.3, 0.4) is 0 Å². The van der Waals surface area contributed by atoms with E-state index in [1.54, 1.807) is 72.8 Å². The van der Waals surface area contributed by atoms with E-state index >= 15 is 0 Å². The molecule has 0 aromatic heterocycles. The van der Waals surface area contributed by atoms with E-state index in [-0.39, 0.29) is 6.42 Å². The minimum atomic E-state index is -1.75. The summed E-state index contributed by atoms with van der Waals surface area (Å²) >= 11 is 0. The van der Waals surface area contributed by atoms with Crippen molar-refractivity contribution in [3.63, 3.8) is 0 Å². The van der Waals surface area contributed by atoms with Gasteiger partial charge in [-0.05, 0) is 69.7 Å². The molecule has 0 bridgehead atoms.